The van der Waals surface area contributed by atoms with Crippen LogP contribution in [-0.4, -0.2) is 92.2 Å². The largest absolute Gasteiger partial charge is 0.493 e. The number of benzene rings is 1. The van der Waals surface area contributed by atoms with Gasteiger partial charge in [0.25, 0.3) is 0 Å². The Hall–Kier alpha value is -0.990. The lowest BCUT2D eigenvalue weighted by Gasteiger charge is -2.31. The summed E-state index contributed by atoms with van der Waals surface area (Å²) < 4.78 is 16.8. The molecular formula is C21H34N2O4S. The Labute approximate surface area is 173 Å². The van der Waals surface area contributed by atoms with Gasteiger partial charge in [0.2, 0.25) is 0 Å². The van der Waals surface area contributed by atoms with Gasteiger partial charge in [-0.05, 0) is 30.5 Å². The summed E-state index contributed by atoms with van der Waals surface area (Å²) in [6.07, 6.45) is 2.08. The number of thioether (sulfide) groups is 1. The van der Waals surface area contributed by atoms with Crippen LogP contribution in [0.4, 0.5) is 0 Å². The van der Waals surface area contributed by atoms with Crippen molar-refractivity contribution >= 4 is 11.8 Å². The lowest BCUT2D eigenvalue weighted by atomic mass is 10.1. The van der Waals surface area contributed by atoms with Crippen LogP contribution in [0.25, 0.3) is 0 Å². The molecule has 7 heteroatoms. The minimum atomic E-state index is -0.491. The minimum Gasteiger partial charge on any atom is -0.493 e. The number of rotatable bonds is 9. The zero-order valence-electron chi connectivity index (χ0n) is 17.1. The molecule has 2 fully saturated rings. The summed E-state index contributed by atoms with van der Waals surface area (Å²) in [7, 11) is 3.46. The molecule has 1 unspecified atom stereocenters. The van der Waals surface area contributed by atoms with E-state index in [2.05, 4.69) is 15.9 Å². The fourth-order valence-corrected chi connectivity index (χ4v) is 4.79. The Balaban J connectivity index is 1.48. The van der Waals surface area contributed by atoms with Crippen LogP contribution in [0.2, 0.25) is 0 Å². The molecule has 0 aliphatic carbocycles. The molecule has 158 valence electrons. The quantitative estimate of drug-likeness (QED) is 0.669. The van der Waals surface area contributed by atoms with E-state index in [9.17, 15) is 5.11 Å². The second kappa shape index (κ2) is 11.3. The third-order valence-corrected chi connectivity index (χ3v) is 6.45. The van der Waals surface area contributed by atoms with Gasteiger partial charge in [0.1, 0.15) is 12.7 Å². The zero-order chi connectivity index (χ0) is 19.8. The van der Waals surface area contributed by atoms with Gasteiger partial charge in [-0.15, -0.1) is 0 Å². The fraction of sp³-hybridized carbons (Fsp3) is 0.714. The molecule has 0 bridgehead atoms. The first-order chi connectivity index (χ1) is 13.7. The molecule has 2 aliphatic rings. The highest BCUT2D eigenvalue weighted by Gasteiger charge is 2.20. The SMILES string of the molecule is COc1cc(CN2CCC(OC)CC2)ccc1OCC(O)CN1CCSCC1. The number of ether oxygens (including phenoxy) is 3. The number of piperidine rings is 1. The van der Waals surface area contributed by atoms with Crippen LogP contribution in [0.3, 0.4) is 0 Å². The summed E-state index contributed by atoms with van der Waals surface area (Å²) in [5.74, 6) is 3.71. The molecule has 6 nitrogen and oxygen atoms in total. The highest BCUT2D eigenvalue weighted by Crippen LogP contribution is 2.29. The smallest absolute Gasteiger partial charge is 0.161 e. The number of likely N-dealkylation sites (tertiary alicyclic amines) is 1. The van der Waals surface area contributed by atoms with Crippen LogP contribution in [0.1, 0.15) is 18.4 Å². The van der Waals surface area contributed by atoms with E-state index in [1.54, 1.807) is 14.2 Å². The highest BCUT2D eigenvalue weighted by atomic mass is 32.2. The van der Waals surface area contributed by atoms with Gasteiger partial charge in [0.15, 0.2) is 11.5 Å². The molecule has 2 heterocycles. The molecule has 3 rings (SSSR count). The Morgan fingerprint density at radius 2 is 1.82 bits per heavy atom. The number of methoxy groups -OCH3 is 2. The number of aliphatic hydroxyl groups is 1. The van der Waals surface area contributed by atoms with Gasteiger partial charge in [0.05, 0.1) is 13.2 Å². The third kappa shape index (κ3) is 6.52. The van der Waals surface area contributed by atoms with Crippen molar-refractivity contribution in [2.45, 2.75) is 31.6 Å². The monoisotopic (exact) mass is 410 g/mol. The number of β-amino-alcohol motifs (C(OH)–C–C–N with tert-alkyl or cyclic N) is 1. The molecule has 0 spiro atoms. The molecule has 2 aliphatic heterocycles. The zero-order valence-corrected chi connectivity index (χ0v) is 18.0. The summed E-state index contributed by atoms with van der Waals surface area (Å²) in [5.41, 5.74) is 1.21. The summed E-state index contributed by atoms with van der Waals surface area (Å²) in [6.45, 7) is 6.05. The standard InChI is InChI=1S/C21H34N2O4S/c1-25-19-5-7-22(8-6-19)14-17-3-4-20(21(13-17)26-2)27-16-18(24)15-23-9-11-28-12-10-23/h3-4,13,18-19,24H,5-12,14-16H2,1-2H3. The van der Waals surface area contributed by atoms with E-state index in [1.165, 1.54) is 5.56 Å². The molecule has 1 N–H and O–H groups in total. The van der Waals surface area contributed by atoms with Crippen molar-refractivity contribution in [1.82, 2.24) is 9.80 Å². The maximum Gasteiger partial charge on any atom is 0.161 e. The average molecular weight is 411 g/mol. The third-order valence-electron chi connectivity index (χ3n) is 5.51. The lowest BCUT2D eigenvalue weighted by Crippen LogP contribution is -2.40. The molecule has 28 heavy (non-hydrogen) atoms. The molecule has 2 saturated heterocycles. The Bertz CT molecular complexity index is 590. The van der Waals surface area contributed by atoms with Gasteiger partial charge in [-0.1, -0.05) is 6.07 Å². The second-order valence-electron chi connectivity index (χ2n) is 7.57. The molecule has 1 atom stereocenters. The topological polar surface area (TPSA) is 54.4 Å². The van der Waals surface area contributed by atoms with Crippen LogP contribution >= 0.6 is 11.8 Å². The molecular weight excluding hydrogens is 376 g/mol. The molecule has 0 aromatic heterocycles. The summed E-state index contributed by atoms with van der Waals surface area (Å²) >= 11 is 1.97. The highest BCUT2D eigenvalue weighted by molar-refractivity contribution is 7.99. The maximum atomic E-state index is 10.3. The maximum absolute atomic E-state index is 10.3. The number of aliphatic hydroxyl groups excluding tert-OH is 1. The van der Waals surface area contributed by atoms with Gasteiger partial charge in [-0.25, -0.2) is 0 Å². The second-order valence-corrected chi connectivity index (χ2v) is 8.80. The number of hydrogen-bond donors (Lipinski definition) is 1. The van der Waals surface area contributed by atoms with Crippen LogP contribution < -0.4 is 9.47 Å². The average Bonchev–Trinajstić information content (AvgIpc) is 2.74. The van der Waals surface area contributed by atoms with Gasteiger partial charge in [0, 0.05) is 57.9 Å². The van der Waals surface area contributed by atoms with E-state index in [1.807, 2.05) is 23.9 Å². The molecule has 0 radical (unpaired) electrons. The molecule has 0 saturated carbocycles. The van der Waals surface area contributed by atoms with Crippen molar-refractivity contribution in [1.29, 1.82) is 0 Å². The van der Waals surface area contributed by atoms with Gasteiger partial charge in [-0.3, -0.25) is 9.80 Å². The Morgan fingerprint density at radius 3 is 2.50 bits per heavy atom. The van der Waals surface area contributed by atoms with Crippen LogP contribution in [0.15, 0.2) is 18.2 Å². The fourth-order valence-electron chi connectivity index (χ4n) is 3.81. The number of hydrogen-bond acceptors (Lipinski definition) is 7. The predicted octanol–water partition coefficient (Wildman–Crippen LogP) is 2.09. The van der Waals surface area contributed by atoms with E-state index < -0.39 is 6.10 Å². The van der Waals surface area contributed by atoms with Crippen molar-refractivity contribution in [3.05, 3.63) is 23.8 Å². The first kappa shape index (κ1) is 21.7. The Kier molecular flexibility index (Phi) is 8.73. The first-order valence-corrected chi connectivity index (χ1v) is 11.4. The van der Waals surface area contributed by atoms with Gasteiger partial charge in [-0.2, -0.15) is 11.8 Å². The summed E-state index contributed by atoms with van der Waals surface area (Å²) in [5, 5.41) is 10.3. The van der Waals surface area contributed by atoms with Crippen molar-refractivity contribution in [3.63, 3.8) is 0 Å². The van der Waals surface area contributed by atoms with Crippen LogP contribution in [-0.2, 0) is 11.3 Å². The molecule has 1 aromatic carbocycles. The molecule has 0 amide bonds. The van der Waals surface area contributed by atoms with E-state index in [-0.39, 0.29) is 6.61 Å². The summed E-state index contributed by atoms with van der Waals surface area (Å²) in [6, 6.07) is 6.10. The van der Waals surface area contributed by atoms with Gasteiger partial charge >= 0.3 is 0 Å². The van der Waals surface area contributed by atoms with Gasteiger partial charge < -0.3 is 19.3 Å². The lowest BCUT2D eigenvalue weighted by molar-refractivity contribution is 0.0388. The van der Waals surface area contributed by atoms with Crippen molar-refractivity contribution in [2.24, 2.45) is 0 Å². The Morgan fingerprint density at radius 1 is 1.07 bits per heavy atom. The van der Waals surface area contributed by atoms with E-state index in [0.717, 1.165) is 62.8 Å². The normalized spacial score (nSPS) is 20.8. The van der Waals surface area contributed by atoms with E-state index in [0.29, 0.717) is 18.4 Å². The van der Waals surface area contributed by atoms with Crippen molar-refractivity contribution < 1.29 is 19.3 Å². The predicted molar refractivity (Wildman–Crippen MR) is 114 cm³/mol. The molecule has 1 aromatic rings. The first-order valence-electron chi connectivity index (χ1n) is 10.2. The van der Waals surface area contributed by atoms with E-state index in [4.69, 9.17) is 14.2 Å². The number of nitrogens with zero attached hydrogens (tertiary/aromatic N) is 2. The van der Waals surface area contributed by atoms with E-state index >= 15 is 0 Å². The van der Waals surface area contributed by atoms with Crippen LogP contribution in [0, 0.1) is 0 Å². The van der Waals surface area contributed by atoms with Crippen molar-refractivity contribution in [2.75, 3.05) is 65.1 Å². The van der Waals surface area contributed by atoms with Crippen molar-refractivity contribution in [3.8, 4) is 11.5 Å². The minimum absolute atomic E-state index is 0.282. The van der Waals surface area contributed by atoms with Crippen LogP contribution in [0.5, 0.6) is 11.5 Å². The summed E-state index contributed by atoms with van der Waals surface area (Å²) in [4.78, 5) is 4.75.